The van der Waals surface area contributed by atoms with Gasteiger partial charge < -0.3 is 21.1 Å². The quantitative estimate of drug-likeness (QED) is 0.372. The zero-order chi connectivity index (χ0) is 17.1. The second kappa shape index (κ2) is 10.4. The smallest absolute Gasteiger partial charge is 0.241 e. The van der Waals surface area contributed by atoms with E-state index in [2.05, 4.69) is 17.6 Å². The van der Waals surface area contributed by atoms with E-state index in [0.717, 1.165) is 19.4 Å². The second-order valence-corrected chi connectivity index (χ2v) is 6.15. The molecule has 2 amide bonds. The maximum Gasteiger partial charge on any atom is 0.241 e. The van der Waals surface area contributed by atoms with E-state index in [0.29, 0.717) is 19.6 Å². The Bertz CT molecular complexity index is 406. The predicted molar refractivity (Wildman–Crippen MR) is 90.9 cm³/mol. The molecule has 0 spiro atoms. The van der Waals surface area contributed by atoms with Crippen molar-refractivity contribution in [3.63, 3.8) is 0 Å². The molecule has 0 aromatic carbocycles. The van der Waals surface area contributed by atoms with Gasteiger partial charge in [0.2, 0.25) is 11.8 Å². The van der Waals surface area contributed by atoms with E-state index in [-0.39, 0.29) is 17.5 Å². The predicted octanol–water partition coefficient (Wildman–Crippen LogP) is 1.25. The molecule has 0 aliphatic carbocycles. The van der Waals surface area contributed by atoms with Gasteiger partial charge in [0.1, 0.15) is 0 Å². The molecule has 1 fully saturated rings. The van der Waals surface area contributed by atoms with Crippen LogP contribution in [0, 0.1) is 0 Å². The van der Waals surface area contributed by atoms with Crippen molar-refractivity contribution >= 4 is 11.8 Å². The molecule has 0 aromatic heterocycles. The van der Waals surface area contributed by atoms with Crippen LogP contribution in [0.2, 0.25) is 0 Å². The van der Waals surface area contributed by atoms with Crippen LogP contribution in [0.4, 0.5) is 0 Å². The van der Waals surface area contributed by atoms with Gasteiger partial charge in [-0.05, 0) is 13.0 Å². The van der Waals surface area contributed by atoms with Crippen molar-refractivity contribution in [2.45, 2.75) is 64.0 Å². The summed E-state index contributed by atoms with van der Waals surface area (Å²) < 4.78 is 5.32. The summed E-state index contributed by atoms with van der Waals surface area (Å²) in [6, 6.07) is -0.299. The summed E-state index contributed by atoms with van der Waals surface area (Å²) in [5, 5.41) is 6.38. The minimum atomic E-state index is -0.518. The Kier molecular flexibility index (Phi) is 8.87. The van der Waals surface area contributed by atoms with E-state index in [4.69, 9.17) is 10.5 Å². The Balaban J connectivity index is 2.55. The monoisotopic (exact) mass is 325 g/mol. The van der Waals surface area contributed by atoms with Gasteiger partial charge in [-0.15, -0.1) is 0 Å². The van der Waals surface area contributed by atoms with E-state index in [1.807, 2.05) is 6.92 Å². The summed E-state index contributed by atoms with van der Waals surface area (Å²) in [7, 11) is 0. The number of ether oxygens (including phenoxy) is 1. The van der Waals surface area contributed by atoms with E-state index < -0.39 is 5.91 Å². The molecule has 4 N–H and O–H groups in total. The van der Waals surface area contributed by atoms with Crippen molar-refractivity contribution in [3.8, 4) is 0 Å². The molecular weight excluding hydrogens is 294 g/mol. The summed E-state index contributed by atoms with van der Waals surface area (Å²) >= 11 is 0. The Morgan fingerprint density at radius 1 is 1.22 bits per heavy atom. The fraction of sp³-hybridized carbons (Fsp3) is 0.765. The number of carbonyl (C=O) groups excluding carboxylic acids is 2. The Morgan fingerprint density at radius 2 is 1.91 bits per heavy atom. The van der Waals surface area contributed by atoms with Crippen LogP contribution in [0.3, 0.4) is 0 Å². The maximum absolute atomic E-state index is 12.2. The maximum atomic E-state index is 12.2. The molecule has 132 valence electrons. The van der Waals surface area contributed by atoms with Crippen molar-refractivity contribution in [3.05, 3.63) is 12.2 Å². The zero-order valence-corrected chi connectivity index (χ0v) is 14.4. The normalized spacial score (nSPS) is 17.7. The third kappa shape index (κ3) is 6.71. The first-order valence-electron chi connectivity index (χ1n) is 8.64. The van der Waals surface area contributed by atoms with Crippen molar-refractivity contribution in [1.29, 1.82) is 0 Å². The number of hydrogen-bond acceptors (Lipinski definition) is 4. The van der Waals surface area contributed by atoms with Crippen LogP contribution >= 0.6 is 0 Å². The molecule has 1 heterocycles. The number of primary amides is 1. The molecule has 6 heteroatoms. The number of rotatable bonds is 12. The standard InChI is InChI=1S/C17H31N3O3/c1-3-5-6-7-8-9-16(22)20-14(10-11-15(18)21)17(19-4-2)12-23-13-17/h10-11,14,19H,3-9,12-13H2,1-2H3,(H2,18,21)(H,20,22)/b11-10+. The first kappa shape index (κ1) is 19.6. The van der Waals surface area contributed by atoms with Crippen LogP contribution in [0.1, 0.15) is 52.4 Å². The highest BCUT2D eigenvalue weighted by atomic mass is 16.5. The van der Waals surface area contributed by atoms with Gasteiger partial charge >= 0.3 is 0 Å². The van der Waals surface area contributed by atoms with Crippen LogP contribution < -0.4 is 16.4 Å². The highest BCUT2D eigenvalue weighted by Gasteiger charge is 2.44. The van der Waals surface area contributed by atoms with Crippen LogP contribution in [0.25, 0.3) is 0 Å². The minimum absolute atomic E-state index is 0.00444. The molecule has 0 aromatic rings. The fourth-order valence-corrected chi connectivity index (χ4v) is 2.76. The Hall–Kier alpha value is -1.40. The first-order chi connectivity index (χ1) is 11.0. The van der Waals surface area contributed by atoms with Crippen LogP contribution in [0.15, 0.2) is 12.2 Å². The third-order valence-corrected chi connectivity index (χ3v) is 4.12. The lowest BCUT2D eigenvalue weighted by molar-refractivity contribution is -0.126. The average Bonchev–Trinajstić information content (AvgIpc) is 2.47. The lowest BCUT2D eigenvalue weighted by atomic mass is 9.87. The molecule has 23 heavy (non-hydrogen) atoms. The van der Waals surface area contributed by atoms with E-state index >= 15 is 0 Å². The van der Waals surface area contributed by atoms with Crippen LogP contribution in [-0.4, -0.2) is 43.2 Å². The second-order valence-electron chi connectivity index (χ2n) is 6.15. The average molecular weight is 325 g/mol. The van der Waals surface area contributed by atoms with Gasteiger partial charge in [-0.1, -0.05) is 45.6 Å². The van der Waals surface area contributed by atoms with Gasteiger partial charge in [0.05, 0.1) is 24.8 Å². The van der Waals surface area contributed by atoms with E-state index in [1.54, 1.807) is 6.08 Å². The van der Waals surface area contributed by atoms with Crippen molar-refractivity contribution < 1.29 is 14.3 Å². The number of hydrogen-bond donors (Lipinski definition) is 3. The van der Waals surface area contributed by atoms with Crippen molar-refractivity contribution in [2.24, 2.45) is 5.73 Å². The van der Waals surface area contributed by atoms with Gasteiger partial charge in [-0.3, -0.25) is 9.59 Å². The molecule has 1 unspecified atom stereocenters. The molecule has 1 aliphatic rings. The van der Waals surface area contributed by atoms with E-state index in [1.165, 1.54) is 25.3 Å². The Morgan fingerprint density at radius 3 is 2.43 bits per heavy atom. The summed E-state index contributed by atoms with van der Waals surface area (Å²) in [6.45, 7) is 5.95. The van der Waals surface area contributed by atoms with Crippen LogP contribution in [-0.2, 0) is 14.3 Å². The lowest BCUT2D eigenvalue weighted by Gasteiger charge is -2.46. The van der Waals surface area contributed by atoms with Crippen molar-refractivity contribution in [2.75, 3.05) is 19.8 Å². The number of likely N-dealkylation sites (N-methyl/N-ethyl adjacent to an activating group) is 1. The largest absolute Gasteiger partial charge is 0.377 e. The number of carbonyl (C=O) groups is 2. The molecule has 0 saturated carbocycles. The van der Waals surface area contributed by atoms with Gasteiger partial charge in [0.25, 0.3) is 0 Å². The molecular formula is C17H31N3O3. The summed E-state index contributed by atoms with van der Waals surface area (Å²) in [4.78, 5) is 23.2. The molecule has 0 radical (unpaired) electrons. The third-order valence-electron chi connectivity index (χ3n) is 4.12. The van der Waals surface area contributed by atoms with Crippen LogP contribution in [0.5, 0.6) is 0 Å². The highest BCUT2D eigenvalue weighted by Crippen LogP contribution is 2.22. The number of nitrogens with two attached hydrogens (primary N) is 1. The van der Waals surface area contributed by atoms with Gasteiger partial charge in [-0.25, -0.2) is 0 Å². The highest BCUT2D eigenvalue weighted by molar-refractivity contribution is 5.86. The summed E-state index contributed by atoms with van der Waals surface area (Å²) in [6.07, 6.45) is 9.03. The fourth-order valence-electron chi connectivity index (χ4n) is 2.76. The number of unbranched alkanes of at least 4 members (excludes halogenated alkanes) is 4. The molecule has 1 saturated heterocycles. The Labute approximate surface area is 139 Å². The van der Waals surface area contributed by atoms with Gasteiger partial charge in [-0.2, -0.15) is 0 Å². The zero-order valence-electron chi connectivity index (χ0n) is 14.4. The van der Waals surface area contributed by atoms with Gasteiger partial charge in [0, 0.05) is 12.5 Å². The number of nitrogens with one attached hydrogen (secondary N) is 2. The van der Waals surface area contributed by atoms with Crippen molar-refractivity contribution in [1.82, 2.24) is 10.6 Å². The van der Waals surface area contributed by atoms with Gasteiger partial charge in [0.15, 0.2) is 0 Å². The molecule has 1 aliphatic heterocycles. The summed E-state index contributed by atoms with van der Waals surface area (Å²) in [5.41, 5.74) is 4.84. The SMILES string of the molecule is CCCCCCCC(=O)NC(/C=C/C(N)=O)C1(NCC)COC1. The molecule has 6 nitrogen and oxygen atoms in total. The lowest BCUT2D eigenvalue weighted by Crippen LogP contribution is -2.70. The molecule has 1 atom stereocenters. The van der Waals surface area contributed by atoms with E-state index in [9.17, 15) is 9.59 Å². The first-order valence-corrected chi connectivity index (χ1v) is 8.64. The summed E-state index contributed by atoms with van der Waals surface area (Å²) in [5.74, 6) is -0.513. The minimum Gasteiger partial charge on any atom is -0.377 e. The topological polar surface area (TPSA) is 93.5 Å². The number of amides is 2. The molecule has 0 bridgehead atoms. The molecule has 1 rings (SSSR count).